The van der Waals surface area contributed by atoms with Crippen LogP contribution in [0, 0.1) is 0 Å². The first-order chi connectivity index (χ1) is 11.0. The van der Waals surface area contributed by atoms with E-state index >= 15 is 0 Å². The van der Waals surface area contributed by atoms with Gasteiger partial charge < -0.3 is 22.1 Å². The van der Waals surface area contributed by atoms with Crippen LogP contribution in [0.3, 0.4) is 0 Å². The number of alkyl halides is 3. The molecule has 0 heterocycles. The van der Waals surface area contributed by atoms with E-state index in [0.717, 1.165) is 0 Å². The first-order valence-electron chi connectivity index (χ1n) is 5.49. The van der Waals surface area contributed by atoms with Crippen molar-refractivity contribution in [1.29, 1.82) is 0 Å². The van der Waals surface area contributed by atoms with E-state index in [1.54, 1.807) is 0 Å². The summed E-state index contributed by atoms with van der Waals surface area (Å²) in [5.74, 6) is 0. The molecule has 0 unspecified atom stereocenters. The summed E-state index contributed by atoms with van der Waals surface area (Å²) < 4.78 is 57.5. The lowest BCUT2D eigenvalue weighted by Gasteiger charge is -1.97. The summed E-state index contributed by atoms with van der Waals surface area (Å²) in [6.45, 7) is 0. The highest BCUT2D eigenvalue weighted by Crippen LogP contribution is 2.20. The highest BCUT2D eigenvalue weighted by molar-refractivity contribution is 7.86. The minimum Gasteiger partial charge on any atom is -0.373 e. The van der Waals surface area contributed by atoms with E-state index in [4.69, 9.17) is 35.1 Å². The molecule has 2 aromatic carbocycles. The van der Waals surface area contributed by atoms with Crippen molar-refractivity contribution in [1.82, 2.24) is 0 Å². The molecule has 0 radical (unpaired) electrons. The maximum atomic E-state index is 10.7. The molecule has 24 heavy (non-hydrogen) atoms. The van der Waals surface area contributed by atoms with Crippen molar-refractivity contribution in [3.05, 3.63) is 80.5 Å². The van der Waals surface area contributed by atoms with Gasteiger partial charge in [-0.3, -0.25) is 14.4 Å². The predicted molar refractivity (Wildman–Crippen MR) is 81.7 cm³/mol. The van der Waals surface area contributed by atoms with Crippen LogP contribution in [-0.2, 0) is 10.1 Å². The van der Waals surface area contributed by atoms with Gasteiger partial charge in [-0.05, 0) is 10.8 Å². The molecule has 130 valence electrons. The summed E-state index contributed by atoms with van der Waals surface area (Å²) in [4.78, 5) is 3.00. The molecule has 0 spiro atoms. The van der Waals surface area contributed by atoms with Crippen molar-refractivity contribution in [3.63, 3.8) is 0 Å². The maximum absolute atomic E-state index is 10.7. The van der Waals surface area contributed by atoms with Crippen molar-refractivity contribution < 1.29 is 26.1 Å². The number of hydrogen-bond acceptors (Lipinski definition) is 2. The lowest BCUT2D eigenvalue weighted by molar-refractivity contribution is -0.0510. The fourth-order valence-corrected chi connectivity index (χ4v) is 1.13. The number of benzene rings is 2. The Morgan fingerprint density at radius 2 is 0.958 bits per heavy atom. The van der Waals surface area contributed by atoms with E-state index in [1.807, 2.05) is 0 Å². The van der Waals surface area contributed by atoms with Gasteiger partial charge in [-0.2, -0.15) is 21.6 Å². The number of hydrogen-bond donors (Lipinski definition) is 1. The molecule has 0 aliphatic carbocycles. The van der Waals surface area contributed by atoms with Gasteiger partial charge in [-0.1, -0.05) is 48.5 Å². The summed E-state index contributed by atoms with van der Waals surface area (Å²) in [6.07, 6.45) is 0. The largest absolute Gasteiger partial charge is 0.522 e. The van der Waals surface area contributed by atoms with E-state index in [1.165, 1.54) is 20.6 Å². The second-order valence-electron chi connectivity index (χ2n) is 3.45. The third-order valence-corrected chi connectivity index (χ3v) is 2.54. The smallest absolute Gasteiger partial charge is 0.373 e. The van der Waals surface area contributed by atoms with Crippen molar-refractivity contribution in [2.75, 3.05) is 0 Å². The predicted octanol–water partition coefficient (Wildman–Crippen LogP) is 4.97. The molecule has 13 heteroatoms. The van der Waals surface area contributed by atoms with Crippen LogP contribution in [-0.4, -0.2) is 18.5 Å². The molecule has 0 saturated carbocycles. The van der Waals surface area contributed by atoms with Crippen molar-refractivity contribution in [2.45, 2.75) is 5.51 Å². The maximum Gasteiger partial charge on any atom is 0.522 e. The van der Waals surface area contributed by atoms with E-state index in [9.17, 15) is 13.2 Å². The van der Waals surface area contributed by atoms with E-state index < -0.39 is 15.6 Å². The van der Waals surface area contributed by atoms with Gasteiger partial charge in [0.25, 0.3) is 0 Å². The van der Waals surface area contributed by atoms with Crippen LogP contribution in [0.5, 0.6) is 0 Å². The van der Waals surface area contributed by atoms with Crippen molar-refractivity contribution in [2.24, 2.45) is 0 Å². The molecule has 9 nitrogen and oxygen atoms in total. The topological polar surface area (TPSA) is 172 Å². The zero-order valence-electron chi connectivity index (χ0n) is 11.6. The Bertz CT molecular complexity index is 721. The van der Waals surface area contributed by atoms with Crippen molar-refractivity contribution >= 4 is 20.9 Å². The Morgan fingerprint density at radius 1 is 0.792 bits per heavy atom. The standard InChI is InChI=1S/C10H8.CHF3O3S.2N3/c1-2-6-10-8-4-3-7-9(10)5-1;2-1(3,4)8(5,6)7;2*1-3-2/h1-8H;(H,5,6,7);;/q;;2*-1. The van der Waals surface area contributed by atoms with Crippen LogP contribution in [0.1, 0.15) is 0 Å². The van der Waals surface area contributed by atoms with Gasteiger partial charge in [0.05, 0.1) is 0 Å². The Hall–Kier alpha value is -2.98. The highest BCUT2D eigenvalue weighted by atomic mass is 32.2. The molecular formula is C11H9F3N6O3S-2. The van der Waals surface area contributed by atoms with Gasteiger partial charge >= 0.3 is 15.6 Å². The van der Waals surface area contributed by atoms with Crippen LogP contribution in [0.4, 0.5) is 13.2 Å². The number of halogens is 3. The van der Waals surface area contributed by atoms with Gasteiger partial charge in [0.2, 0.25) is 0 Å². The van der Waals surface area contributed by atoms with Crippen LogP contribution in [0.2, 0.25) is 0 Å². The zero-order valence-corrected chi connectivity index (χ0v) is 12.4. The zero-order chi connectivity index (χ0) is 19.2. The Morgan fingerprint density at radius 3 is 1.08 bits per heavy atom. The monoisotopic (exact) mass is 362 g/mol. The molecule has 0 aliphatic heterocycles. The number of fused-ring (bicyclic) bond motifs is 1. The van der Waals surface area contributed by atoms with Crippen LogP contribution >= 0.6 is 0 Å². The molecule has 0 aromatic heterocycles. The molecule has 2 rings (SSSR count). The summed E-state index contributed by atoms with van der Waals surface area (Å²) in [5, 5.41) is 2.62. The molecule has 0 amide bonds. The van der Waals surface area contributed by atoms with Gasteiger partial charge in [-0.25, -0.2) is 0 Å². The minimum atomic E-state index is -5.84. The fourth-order valence-electron chi connectivity index (χ4n) is 1.13. The van der Waals surface area contributed by atoms with E-state index in [-0.39, 0.29) is 0 Å². The molecule has 0 fully saturated rings. The molecule has 0 atom stereocenters. The third kappa shape index (κ3) is 10.7. The fraction of sp³-hybridized carbons (Fsp3) is 0.0909. The van der Waals surface area contributed by atoms with Gasteiger partial charge in [-0.15, -0.1) is 0 Å². The van der Waals surface area contributed by atoms with Gasteiger partial charge in [0, 0.05) is 0 Å². The van der Waals surface area contributed by atoms with Crippen molar-refractivity contribution in [3.8, 4) is 0 Å². The molecule has 0 bridgehead atoms. The van der Waals surface area contributed by atoms with Gasteiger partial charge in [0.15, 0.2) is 0 Å². The SMILES string of the molecule is O=S(=O)(O)C(F)(F)F.[N-]=[N+]=[N-].[N-]=[N+]=[N-].c1ccc2ccccc2c1. The molecule has 1 N–H and O–H groups in total. The van der Waals surface area contributed by atoms with E-state index in [0.29, 0.717) is 0 Å². The third-order valence-electron chi connectivity index (χ3n) is 1.95. The molecule has 0 aliphatic rings. The molecular weight excluding hydrogens is 353 g/mol. The van der Waals surface area contributed by atoms with Crippen LogP contribution in [0.15, 0.2) is 48.5 Å². The number of nitrogens with zero attached hydrogens (tertiary/aromatic N) is 6. The summed E-state index contributed by atoms with van der Waals surface area (Å²) in [7, 11) is -5.84. The van der Waals surface area contributed by atoms with E-state index in [2.05, 4.69) is 48.5 Å². The quantitative estimate of drug-likeness (QED) is 0.229. The Labute approximate surface area is 133 Å². The highest BCUT2D eigenvalue weighted by Gasteiger charge is 2.44. The molecule has 0 saturated heterocycles. The summed E-state index contributed by atoms with van der Waals surface area (Å²) >= 11 is 0. The lowest BCUT2D eigenvalue weighted by Crippen LogP contribution is -2.21. The first kappa shape index (κ1) is 23.3. The van der Waals surface area contributed by atoms with Crippen LogP contribution in [0.25, 0.3) is 42.7 Å². The Kier molecular flexibility index (Phi) is 11.2. The summed E-state index contributed by atoms with van der Waals surface area (Å²) in [5.41, 5.74) is 21.5. The number of rotatable bonds is 0. The minimum absolute atomic E-state index is 1.31. The average Bonchev–Trinajstić information content (AvgIpc) is 2.48. The lowest BCUT2D eigenvalue weighted by atomic mass is 10.1. The van der Waals surface area contributed by atoms with Gasteiger partial charge in [0.1, 0.15) is 0 Å². The first-order valence-corrected chi connectivity index (χ1v) is 6.93. The second-order valence-corrected chi connectivity index (χ2v) is 4.86. The summed E-state index contributed by atoms with van der Waals surface area (Å²) in [6, 6.07) is 16.7. The second kappa shape index (κ2) is 11.6. The molecule has 2 aromatic rings. The average molecular weight is 362 g/mol. The normalized spacial score (nSPS) is 9.50. The van der Waals surface area contributed by atoms with Crippen LogP contribution < -0.4 is 0 Å². The Balaban J connectivity index is 0.